The van der Waals surface area contributed by atoms with Crippen molar-refractivity contribution in [1.29, 1.82) is 0 Å². The summed E-state index contributed by atoms with van der Waals surface area (Å²) < 4.78 is 5.65. The van der Waals surface area contributed by atoms with Gasteiger partial charge in [-0.15, -0.1) is 0 Å². The summed E-state index contributed by atoms with van der Waals surface area (Å²) in [6.45, 7) is 4.43. The maximum atomic E-state index is 12.9. The van der Waals surface area contributed by atoms with Crippen LogP contribution in [0.25, 0.3) is 0 Å². The van der Waals surface area contributed by atoms with Crippen molar-refractivity contribution in [3.8, 4) is 0 Å². The molecule has 0 aromatic heterocycles. The van der Waals surface area contributed by atoms with Gasteiger partial charge in [-0.05, 0) is 37.3 Å². The van der Waals surface area contributed by atoms with Crippen LogP contribution in [-0.4, -0.2) is 24.3 Å². The second-order valence-electron chi connectivity index (χ2n) is 7.68. The number of esters is 1. The molecule has 0 heterocycles. The molecule has 1 aliphatic carbocycles. The summed E-state index contributed by atoms with van der Waals surface area (Å²) in [5.74, 6) is 0.215. The highest BCUT2D eigenvalue weighted by atomic mass is 31.1. The van der Waals surface area contributed by atoms with E-state index in [1.54, 1.807) is 0 Å². The maximum absolute atomic E-state index is 12.9. The highest BCUT2D eigenvalue weighted by molar-refractivity contribution is 7.73. The molecular formula is C23H30NO2P. The topological polar surface area (TPSA) is 52.3 Å². The van der Waals surface area contributed by atoms with E-state index < -0.39 is 7.92 Å². The number of hydrogen-bond acceptors (Lipinski definition) is 3. The van der Waals surface area contributed by atoms with Crippen LogP contribution < -0.4 is 16.3 Å². The van der Waals surface area contributed by atoms with E-state index in [0.29, 0.717) is 18.2 Å². The maximum Gasteiger partial charge on any atom is 0.309 e. The van der Waals surface area contributed by atoms with Gasteiger partial charge in [0.15, 0.2) is 0 Å². The van der Waals surface area contributed by atoms with Gasteiger partial charge < -0.3 is 10.5 Å². The van der Waals surface area contributed by atoms with Crippen LogP contribution in [0.3, 0.4) is 0 Å². The highest BCUT2D eigenvalue weighted by Gasteiger charge is 2.40. The zero-order valence-electron chi connectivity index (χ0n) is 16.3. The van der Waals surface area contributed by atoms with Crippen LogP contribution in [0.4, 0.5) is 0 Å². The number of rotatable bonds is 7. The highest BCUT2D eigenvalue weighted by Crippen LogP contribution is 2.50. The van der Waals surface area contributed by atoms with Crippen LogP contribution in [0.2, 0.25) is 0 Å². The smallest absolute Gasteiger partial charge is 0.309 e. The number of ether oxygens (including phenoxy) is 1. The summed E-state index contributed by atoms with van der Waals surface area (Å²) in [5.41, 5.74) is 6.39. The summed E-state index contributed by atoms with van der Waals surface area (Å²) in [7, 11) is -0.594. The Hall–Kier alpha value is -1.70. The molecule has 0 bridgehead atoms. The number of hydrogen-bond donors (Lipinski definition) is 1. The minimum atomic E-state index is -0.594. The molecule has 1 fully saturated rings. The molecule has 1 saturated carbocycles. The van der Waals surface area contributed by atoms with Crippen molar-refractivity contribution in [3.63, 3.8) is 0 Å². The predicted molar refractivity (Wildman–Crippen MR) is 114 cm³/mol. The Morgan fingerprint density at radius 2 is 1.59 bits per heavy atom. The molecule has 2 aromatic rings. The van der Waals surface area contributed by atoms with Crippen molar-refractivity contribution >= 4 is 24.5 Å². The van der Waals surface area contributed by atoms with Gasteiger partial charge in [-0.3, -0.25) is 4.79 Å². The van der Waals surface area contributed by atoms with Gasteiger partial charge in [0, 0.05) is 11.7 Å². The van der Waals surface area contributed by atoms with Crippen LogP contribution in [0.15, 0.2) is 60.7 Å². The van der Waals surface area contributed by atoms with E-state index in [1.165, 1.54) is 10.6 Å². The molecule has 3 atom stereocenters. The molecule has 3 rings (SSSR count). The first-order valence-corrected chi connectivity index (χ1v) is 11.3. The molecule has 0 radical (unpaired) electrons. The monoisotopic (exact) mass is 383 g/mol. The molecule has 0 aliphatic heterocycles. The van der Waals surface area contributed by atoms with Gasteiger partial charge in [-0.2, -0.15) is 0 Å². The minimum absolute atomic E-state index is 0.0316. The van der Waals surface area contributed by atoms with Crippen LogP contribution >= 0.6 is 7.92 Å². The molecule has 2 aromatic carbocycles. The lowest BCUT2D eigenvalue weighted by atomic mass is 10.1. The first-order valence-electron chi connectivity index (χ1n) is 9.89. The van der Waals surface area contributed by atoms with Crippen molar-refractivity contribution < 1.29 is 9.53 Å². The van der Waals surface area contributed by atoms with Crippen molar-refractivity contribution in [1.82, 2.24) is 0 Å². The molecule has 0 saturated heterocycles. The third-order valence-electron chi connectivity index (χ3n) is 5.46. The van der Waals surface area contributed by atoms with Crippen molar-refractivity contribution in [2.24, 2.45) is 17.6 Å². The summed E-state index contributed by atoms with van der Waals surface area (Å²) in [6.07, 6.45) is 3.07. The quantitative estimate of drug-likeness (QED) is 0.584. The van der Waals surface area contributed by atoms with E-state index in [-0.39, 0.29) is 17.9 Å². The van der Waals surface area contributed by atoms with E-state index >= 15 is 0 Å². The average molecular weight is 383 g/mol. The molecule has 1 unspecified atom stereocenters. The second-order valence-corrected chi connectivity index (χ2v) is 10.1. The van der Waals surface area contributed by atoms with Gasteiger partial charge >= 0.3 is 5.97 Å². The molecule has 2 N–H and O–H groups in total. The summed E-state index contributed by atoms with van der Waals surface area (Å²) in [4.78, 5) is 12.9. The molecule has 0 spiro atoms. The second kappa shape index (κ2) is 9.48. The van der Waals surface area contributed by atoms with Gasteiger partial charge in [-0.25, -0.2) is 0 Å². The Bertz CT molecular complexity index is 680. The molecule has 27 heavy (non-hydrogen) atoms. The van der Waals surface area contributed by atoms with Crippen molar-refractivity contribution in [3.05, 3.63) is 60.7 Å². The number of carbonyl (C=O) groups excluding carboxylic acids is 1. The lowest BCUT2D eigenvalue weighted by Crippen LogP contribution is -2.36. The summed E-state index contributed by atoms with van der Waals surface area (Å²) in [5, 5.41) is 2.67. The Morgan fingerprint density at radius 1 is 1.04 bits per heavy atom. The Balaban J connectivity index is 1.82. The molecular weight excluding hydrogens is 353 g/mol. The predicted octanol–water partition coefficient (Wildman–Crippen LogP) is 3.81. The lowest BCUT2D eigenvalue weighted by molar-refractivity contribution is -0.148. The van der Waals surface area contributed by atoms with Crippen molar-refractivity contribution in [2.45, 2.75) is 44.8 Å². The number of carbonyl (C=O) groups is 1. The van der Waals surface area contributed by atoms with Crippen LogP contribution in [-0.2, 0) is 9.53 Å². The molecule has 1 aliphatic rings. The average Bonchev–Trinajstić information content (AvgIpc) is 3.17. The lowest BCUT2D eigenvalue weighted by Gasteiger charge is -2.29. The fourth-order valence-electron chi connectivity index (χ4n) is 3.71. The van der Waals surface area contributed by atoms with E-state index in [0.717, 1.165) is 19.3 Å². The zero-order chi connectivity index (χ0) is 19.2. The van der Waals surface area contributed by atoms with E-state index in [9.17, 15) is 4.79 Å². The summed E-state index contributed by atoms with van der Waals surface area (Å²) in [6, 6.07) is 21.2. The number of benzene rings is 2. The first-order chi connectivity index (χ1) is 13.1. The molecule has 3 nitrogen and oxygen atoms in total. The van der Waals surface area contributed by atoms with Gasteiger partial charge in [-0.1, -0.05) is 80.9 Å². The van der Waals surface area contributed by atoms with Crippen LogP contribution in [0.1, 0.15) is 33.1 Å². The van der Waals surface area contributed by atoms with E-state index in [2.05, 4.69) is 74.5 Å². The van der Waals surface area contributed by atoms with Gasteiger partial charge in [0.25, 0.3) is 0 Å². The van der Waals surface area contributed by atoms with E-state index in [4.69, 9.17) is 10.5 Å². The Kier molecular flexibility index (Phi) is 7.04. The Labute approximate surface area is 164 Å². The Morgan fingerprint density at radius 3 is 2.11 bits per heavy atom. The van der Waals surface area contributed by atoms with E-state index in [1.807, 2.05) is 0 Å². The number of nitrogens with two attached hydrogens (primary N) is 1. The van der Waals surface area contributed by atoms with Crippen LogP contribution in [0.5, 0.6) is 0 Å². The fourth-order valence-corrected chi connectivity index (χ4v) is 6.83. The van der Waals surface area contributed by atoms with Crippen molar-refractivity contribution in [2.75, 3.05) is 6.61 Å². The largest absolute Gasteiger partial charge is 0.464 e. The standard InChI is InChI=1S/C23H30NO2P/c1-17(2)21(24)16-26-23(25)20-14-9-15-22(20)27(18-10-5-3-6-11-18)19-12-7-4-8-13-19/h3-8,10-13,17,20-22H,9,14-16,24H2,1-2H3/t20-,21-,22?/m1/s1. The van der Waals surface area contributed by atoms with Crippen LogP contribution in [0, 0.1) is 11.8 Å². The normalized spacial score (nSPS) is 20.8. The fraction of sp³-hybridized carbons (Fsp3) is 0.435. The molecule has 144 valence electrons. The SMILES string of the molecule is CC(C)[C@H](N)COC(=O)[C@@H]1CCCC1P(c1ccccc1)c1ccccc1. The first kappa shape index (κ1) is 20.0. The van der Waals surface area contributed by atoms with Gasteiger partial charge in [0.2, 0.25) is 0 Å². The third kappa shape index (κ3) is 4.97. The molecule has 4 heteroatoms. The zero-order valence-corrected chi connectivity index (χ0v) is 17.1. The third-order valence-corrected chi connectivity index (χ3v) is 8.45. The van der Waals surface area contributed by atoms with Gasteiger partial charge in [0.1, 0.15) is 6.61 Å². The minimum Gasteiger partial charge on any atom is -0.464 e. The van der Waals surface area contributed by atoms with Gasteiger partial charge in [0.05, 0.1) is 5.92 Å². The molecule has 0 amide bonds. The summed E-state index contributed by atoms with van der Waals surface area (Å²) >= 11 is 0.